The summed E-state index contributed by atoms with van der Waals surface area (Å²) < 4.78 is 32.3. The lowest BCUT2D eigenvalue weighted by molar-refractivity contribution is 0.475. The van der Waals surface area contributed by atoms with Crippen molar-refractivity contribution >= 4 is 10.1 Å². The number of aromatic hydroxyl groups is 1. The molecule has 0 aliphatic heterocycles. The van der Waals surface area contributed by atoms with Crippen LogP contribution in [0, 0.1) is 13.8 Å². The highest BCUT2D eigenvalue weighted by Gasteiger charge is 2.20. The van der Waals surface area contributed by atoms with Crippen LogP contribution in [0.4, 0.5) is 0 Å². The van der Waals surface area contributed by atoms with Crippen LogP contribution in [0.1, 0.15) is 11.4 Å². The molecule has 2 N–H and O–H groups in total. The predicted molar refractivity (Wildman–Crippen MR) is 70.6 cm³/mol. The van der Waals surface area contributed by atoms with E-state index in [-0.39, 0.29) is 10.6 Å². The van der Waals surface area contributed by atoms with E-state index in [1.54, 1.807) is 26.0 Å². The first kappa shape index (κ1) is 13.5. The van der Waals surface area contributed by atoms with E-state index in [4.69, 9.17) is 0 Å². The molecular weight excluding hydrogens is 266 g/mol. The Morgan fingerprint density at radius 3 is 2.21 bits per heavy atom. The number of hydrogen-bond acceptors (Lipinski definition) is 4. The van der Waals surface area contributed by atoms with Crippen molar-refractivity contribution in [2.75, 3.05) is 0 Å². The molecule has 2 rings (SSSR count). The zero-order valence-electron chi connectivity index (χ0n) is 10.5. The number of aromatic nitrogens is 1. The normalized spacial score (nSPS) is 11.5. The maximum atomic E-state index is 11.5. The second kappa shape index (κ2) is 4.64. The smallest absolute Gasteiger partial charge is 0.295 e. The molecule has 19 heavy (non-hydrogen) atoms. The van der Waals surface area contributed by atoms with Crippen molar-refractivity contribution in [1.82, 2.24) is 4.98 Å². The van der Waals surface area contributed by atoms with Gasteiger partial charge in [-0.1, -0.05) is 12.1 Å². The Bertz CT molecular complexity index is 721. The largest absolute Gasteiger partial charge is 0.508 e. The molecule has 0 aliphatic carbocycles. The molecule has 0 bridgehead atoms. The number of rotatable bonds is 2. The fraction of sp³-hybridized carbons (Fsp3) is 0.154. The number of hydrogen-bond donors (Lipinski definition) is 2. The van der Waals surface area contributed by atoms with Crippen molar-refractivity contribution in [1.29, 1.82) is 0 Å². The van der Waals surface area contributed by atoms with Gasteiger partial charge in [-0.05, 0) is 37.6 Å². The molecule has 1 heterocycles. The van der Waals surface area contributed by atoms with Gasteiger partial charge in [0, 0.05) is 17.0 Å². The van der Waals surface area contributed by atoms with Gasteiger partial charge in [0.05, 0.1) is 0 Å². The monoisotopic (exact) mass is 279 g/mol. The van der Waals surface area contributed by atoms with Crippen LogP contribution < -0.4 is 0 Å². The summed E-state index contributed by atoms with van der Waals surface area (Å²) in [5.74, 6) is 0.0786. The predicted octanol–water partition coefficient (Wildman–Crippen LogP) is 2.32. The molecule has 0 aliphatic rings. The SMILES string of the molecule is Cc1cc(S(=O)(=O)O)c(-c2ccc(O)cc2)c(C)n1. The molecule has 6 heteroatoms. The van der Waals surface area contributed by atoms with Gasteiger partial charge in [-0.3, -0.25) is 9.54 Å². The second-order valence-electron chi connectivity index (χ2n) is 4.24. The summed E-state index contributed by atoms with van der Waals surface area (Å²) in [6, 6.07) is 7.36. The number of nitrogens with zero attached hydrogens (tertiary/aromatic N) is 1. The number of phenolic OH excluding ortho intramolecular Hbond substituents is 1. The standard InChI is InChI=1S/C13H13NO4S/c1-8-7-12(19(16,17)18)13(9(2)14-8)10-3-5-11(15)6-4-10/h3-7,15H,1-2H3,(H,16,17,18). The molecule has 0 fully saturated rings. The van der Waals surface area contributed by atoms with E-state index >= 15 is 0 Å². The lowest BCUT2D eigenvalue weighted by Crippen LogP contribution is -2.05. The number of benzene rings is 1. The number of pyridine rings is 1. The highest BCUT2D eigenvalue weighted by Crippen LogP contribution is 2.31. The van der Waals surface area contributed by atoms with Crippen molar-refractivity contribution in [3.63, 3.8) is 0 Å². The molecule has 0 atom stereocenters. The molecule has 100 valence electrons. The van der Waals surface area contributed by atoms with E-state index in [1.165, 1.54) is 18.2 Å². The minimum atomic E-state index is -4.34. The molecule has 0 unspecified atom stereocenters. The van der Waals surface area contributed by atoms with Crippen LogP contribution in [0.25, 0.3) is 11.1 Å². The topological polar surface area (TPSA) is 87.5 Å². The Morgan fingerprint density at radius 2 is 1.68 bits per heavy atom. The molecule has 5 nitrogen and oxygen atoms in total. The molecule has 1 aromatic carbocycles. The summed E-state index contributed by atoms with van der Waals surface area (Å²) >= 11 is 0. The average Bonchev–Trinajstić information content (AvgIpc) is 2.28. The molecule has 0 radical (unpaired) electrons. The minimum Gasteiger partial charge on any atom is -0.508 e. The molecule has 0 saturated carbocycles. The van der Waals surface area contributed by atoms with Gasteiger partial charge in [0.2, 0.25) is 0 Å². The average molecular weight is 279 g/mol. The molecule has 1 aromatic heterocycles. The third-order valence-electron chi connectivity index (χ3n) is 2.73. The van der Waals surface area contributed by atoms with E-state index < -0.39 is 10.1 Å². The maximum absolute atomic E-state index is 11.5. The number of aryl methyl sites for hydroxylation is 2. The van der Waals surface area contributed by atoms with Gasteiger partial charge >= 0.3 is 0 Å². The Kier molecular flexibility index (Phi) is 3.30. The molecular formula is C13H13NO4S. The van der Waals surface area contributed by atoms with Crippen LogP contribution in [-0.2, 0) is 10.1 Å². The Morgan fingerprint density at radius 1 is 1.11 bits per heavy atom. The van der Waals surface area contributed by atoms with Crippen molar-refractivity contribution in [3.05, 3.63) is 41.7 Å². The number of phenols is 1. The van der Waals surface area contributed by atoms with Crippen LogP contribution >= 0.6 is 0 Å². The first-order valence-corrected chi connectivity index (χ1v) is 6.98. The van der Waals surface area contributed by atoms with Gasteiger partial charge in [0.1, 0.15) is 10.6 Å². The van der Waals surface area contributed by atoms with E-state index in [2.05, 4.69) is 4.98 Å². The van der Waals surface area contributed by atoms with Gasteiger partial charge in [-0.15, -0.1) is 0 Å². The maximum Gasteiger partial charge on any atom is 0.295 e. The first-order valence-electron chi connectivity index (χ1n) is 5.54. The van der Waals surface area contributed by atoms with E-state index in [0.717, 1.165) is 0 Å². The van der Waals surface area contributed by atoms with Gasteiger partial charge in [-0.2, -0.15) is 8.42 Å². The van der Waals surface area contributed by atoms with Crippen LogP contribution in [-0.4, -0.2) is 23.1 Å². The van der Waals surface area contributed by atoms with Crippen LogP contribution in [0.5, 0.6) is 5.75 Å². The van der Waals surface area contributed by atoms with E-state index in [1.807, 2.05) is 0 Å². The van der Waals surface area contributed by atoms with Crippen molar-refractivity contribution < 1.29 is 18.1 Å². The second-order valence-corrected chi connectivity index (χ2v) is 5.63. The quantitative estimate of drug-likeness (QED) is 0.824. The minimum absolute atomic E-state index is 0.0786. The Labute approximate surface area is 111 Å². The zero-order chi connectivity index (χ0) is 14.2. The third-order valence-corrected chi connectivity index (χ3v) is 3.60. The van der Waals surface area contributed by atoms with Crippen molar-refractivity contribution in [3.8, 4) is 16.9 Å². The van der Waals surface area contributed by atoms with E-state index in [0.29, 0.717) is 22.5 Å². The summed E-state index contributed by atoms with van der Waals surface area (Å²) in [6.07, 6.45) is 0. The van der Waals surface area contributed by atoms with Gasteiger partial charge < -0.3 is 5.11 Å². The molecule has 0 amide bonds. The molecule has 2 aromatic rings. The van der Waals surface area contributed by atoms with Crippen molar-refractivity contribution in [2.24, 2.45) is 0 Å². The fourth-order valence-corrected chi connectivity index (χ4v) is 2.82. The highest BCUT2D eigenvalue weighted by molar-refractivity contribution is 7.86. The fourth-order valence-electron chi connectivity index (χ4n) is 1.98. The van der Waals surface area contributed by atoms with E-state index in [9.17, 15) is 18.1 Å². The Hall–Kier alpha value is -1.92. The zero-order valence-corrected chi connectivity index (χ0v) is 11.3. The van der Waals surface area contributed by atoms with Crippen LogP contribution in [0.2, 0.25) is 0 Å². The van der Waals surface area contributed by atoms with Gasteiger partial charge in [-0.25, -0.2) is 0 Å². The first-order chi connectivity index (χ1) is 8.79. The van der Waals surface area contributed by atoms with Gasteiger partial charge in [0.15, 0.2) is 0 Å². The molecule has 0 saturated heterocycles. The summed E-state index contributed by atoms with van der Waals surface area (Å²) in [6.45, 7) is 3.33. The highest BCUT2D eigenvalue weighted by atomic mass is 32.2. The lowest BCUT2D eigenvalue weighted by atomic mass is 10.0. The van der Waals surface area contributed by atoms with Gasteiger partial charge in [0.25, 0.3) is 10.1 Å². The molecule has 0 spiro atoms. The van der Waals surface area contributed by atoms with Crippen molar-refractivity contribution in [2.45, 2.75) is 18.7 Å². The van der Waals surface area contributed by atoms with Crippen LogP contribution in [0.3, 0.4) is 0 Å². The van der Waals surface area contributed by atoms with Crippen LogP contribution in [0.15, 0.2) is 35.2 Å². The third kappa shape index (κ3) is 2.74. The Balaban J connectivity index is 2.79. The summed E-state index contributed by atoms with van der Waals surface area (Å²) in [5.41, 5.74) is 1.91. The lowest BCUT2D eigenvalue weighted by Gasteiger charge is -2.11. The summed E-state index contributed by atoms with van der Waals surface area (Å²) in [4.78, 5) is 4.03. The summed E-state index contributed by atoms with van der Waals surface area (Å²) in [5, 5.41) is 9.26. The summed E-state index contributed by atoms with van der Waals surface area (Å²) in [7, 11) is -4.34.